The molecule has 0 aromatic heterocycles. The summed E-state index contributed by atoms with van der Waals surface area (Å²) in [6.07, 6.45) is 94.4. The van der Waals surface area contributed by atoms with Gasteiger partial charge in [-0.3, -0.25) is 14.4 Å². The fraction of sp³-hybridized carbons (Fsp3) is 0.750. The van der Waals surface area contributed by atoms with Gasteiger partial charge in [0.2, 0.25) is 0 Å². The standard InChI is InChI=1S/C76H132O6/c1-4-7-10-13-16-19-22-24-26-28-30-32-34-36-37-38-39-40-42-43-45-47-49-51-54-57-60-63-66-69-75(78)81-72-73(71-80-74(77)68-65-62-59-56-53-21-18-15-12-9-6-3)82-76(79)70-67-64-61-58-55-52-50-48-46-44-41-35-33-31-29-27-25-23-20-17-14-11-8-5-2/h7,10,15-16,18-19,24,26,30,32,36-37,39-40,43,45,73H,4-6,8-9,11-14,17,20-23,25,27-29,31,33-35,38,41-42,44,46-72H2,1-3H3/b10-7-,18-15-,19-16-,26-24-,32-30-,37-36-,40-39-,45-43-. The van der Waals surface area contributed by atoms with E-state index in [0.29, 0.717) is 19.3 Å². The third-order valence-corrected chi connectivity index (χ3v) is 15.3. The first-order valence-corrected chi connectivity index (χ1v) is 35.2. The number of allylic oxidation sites excluding steroid dienone is 16. The molecule has 0 radical (unpaired) electrons. The molecule has 0 fully saturated rings. The molecule has 0 amide bonds. The van der Waals surface area contributed by atoms with Gasteiger partial charge in [-0.25, -0.2) is 0 Å². The SMILES string of the molecule is CC/C=C\C/C=C\C/C=C\C/C=C\C/C=C\C/C=C\C/C=C\CCCCCCCCCC(=O)OCC(COC(=O)CCCCCCC/C=C\CCCC)OC(=O)CCCCCCCCCCCCCCCCCCCCCCCCCC. The molecule has 0 aromatic carbocycles. The van der Waals surface area contributed by atoms with Crippen molar-refractivity contribution < 1.29 is 28.6 Å². The molecule has 6 nitrogen and oxygen atoms in total. The molecule has 0 heterocycles. The molecular formula is C76H132O6. The molecule has 0 aliphatic rings. The van der Waals surface area contributed by atoms with E-state index >= 15 is 0 Å². The summed E-state index contributed by atoms with van der Waals surface area (Å²) in [7, 11) is 0. The Morgan fingerprint density at radius 1 is 0.256 bits per heavy atom. The number of rotatable bonds is 64. The van der Waals surface area contributed by atoms with Crippen molar-refractivity contribution in [1.29, 1.82) is 0 Å². The van der Waals surface area contributed by atoms with Gasteiger partial charge in [-0.05, 0) is 96.3 Å². The molecule has 0 aliphatic heterocycles. The first kappa shape index (κ1) is 78.3. The van der Waals surface area contributed by atoms with Crippen LogP contribution < -0.4 is 0 Å². The van der Waals surface area contributed by atoms with Crippen molar-refractivity contribution in [3.63, 3.8) is 0 Å². The Kier molecular flexibility index (Phi) is 66.7. The van der Waals surface area contributed by atoms with E-state index in [1.54, 1.807) is 0 Å². The van der Waals surface area contributed by atoms with Gasteiger partial charge in [0.15, 0.2) is 6.10 Å². The van der Waals surface area contributed by atoms with E-state index in [-0.39, 0.29) is 31.1 Å². The molecule has 0 N–H and O–H groups in total. The van der Waals surface area contributed by atoms with Crippen LogP contribution in [0.5, 0.6) is 0 Å². The molecule has 1 unspecified atom stereocenters. The molecule has 82 heavy (non-hydrogen) atoms. The lowest BCUT2D eigenvalue weighted by molar-refractivity contribution is -0.167. The minimum atomic E-state index is -0.785. The number of hydrogen-bond donors (Lipinski definition) is 0. The molecule has 0 saturated carbocycles. The molecule has 0 bridgehead atoms. The first-order valence-electron chi connectivity index (χ1n) is 35.2. The van der Waals surface area contributed by atoms with Crippen molar-refractivity contribution in [3.8, 4) is 0 Å². The van der Waals surface area contributed by atoms with Crippen molar-refractivity contribution in [2.45, 2.75) is 354 Å². The third-order valence-electron chi connectivity index (χ3n) is 15.3. The second kappa shape index (κ2) is 69.8. The van der Waals surface area contributed by atoms with Crippen LogP contribution in [0.1, 0.15) is 348 Å². The van der Waals surface area contributed by atoms with E-state index in [1.807, 2.05) is 0 Å². The average molecular weight is 1140 g/mol. The van der Waals surface area contributed by atoms with Crippen molar-refractivity contribution in [1.82, 2.24) is 0 Å². The highest BCUT2D eigenvalue weighted by molar-refractivity contribution is 5.71. The monoisotopic (exact) mass is 1140 g/mol. The topological polar surface area (TPSA) is 78.9 Å². The highest BCUT2D eigenvalue weighted by Gasteiger charge is 2.19. The zero-order chi connectivity index (χ0) is 59.2. The van der Waals surface area contributed by atoms with Gasteiger partial charge in [0.25, 0.3) is 0 Å². The predicted molar refractivity (Wildman–Crippen MR) is 357 cm³/mol. The van der Waals surface area contributed by atoms with Crippen LogP contribution >= 0.6 is 0 Å². The van der Waals surface area contributed by atoms with Crippen LogP contribution in [0.15, 0.2) is 97.2 Å². The van der Waals surface area contributed by atoms with Gasteiger partial charge < -0.3 is 14.2 Å². The predicted octanol–water partition coefficient (Wildman–Crippen LogP) is 24.4. The van der Waals surface area contributed by atoms with Gasteiger partial charge >= 0.3 is 17.9 Å². The summed E-state index contributed by atoms with van der Waals surface area (Å²) in [5, 5.41) is 0. The minimum Gasteiger partial charge on any atom is -0.462 e. The second-order valence-electron chi connectivity index (χ2n) is 23.4. The Hall–Kier alpha value is -3.67. The lowest BCUT2D eigenvalue weighted by atomic mass is 10.0. The van der Waals surface area contributed by atoms with E-state index in [4.69, 9.17) is 14.2 Å². The molecule has 0 rings (SSSR count). The fourth-order valence-electron chi connectivity index (χ4n) is 10.1. The van der Waals surface area contributed by atoms with Crippen LogP contribution in [0.3, 0.4) is 0 Å². The lowest BCUT2D eigenvalue weighted by Gasteiger charge is -2.18. The van der Waals surface area contributed by atoms with E-state index in [9.17, 15) is 14.4 Å². The Labute approximate surface area is 508 Å². The molecule has 0 aliphatic carbocycles. The van der Waals surface area contributed by atoms with Crippen LogP contribution in [0.2, 0.25) is 0 Å². The van der Waals surface area contributed by atoms with Gasteiger partial charge in [-0.2, -0.15) is 0 Å². The maximum Gasteiger partial charge on any atom is 0.306 e. The molecule has 0 saturated heterocycles. The molecule has 0 spiro atoms. The quantitative estimate of drug-likeness (QED) is 0.0261. The number of carbonyl (C=O) groups is 3. The van der Waals surface area contributed by atoms with E-state index in [2.05, 4.69) is 118 Å². The van der Waals surface area contributed by atoms with Crippen molar-refractivity contribution in [2.24, 2.45) is 0 Å². The summed E-state index contributed by atoms with van der Waals surface area (Å²) in [6.45, 7) is 6.52. The largest absolute Gasteiger partial charge is 0.462 e. The molecule has 0 aromatic rings. The van der Waals surface area contributed by atoms with Gasteiger partial charge in [0, 0.05) is 19.3 Å². The number of carbonyl (C=O) groups excluding carboxylic acids is 3. The van der Waals surface area contributed by atoms with E-state index in [0.717, 1.165) is 116 Å². The summed E-state index contributed by atoms with van der Waals surface area (Å²) in [6, 6.07) is 0. The fourth-order valence-corrected chi connectivity index (χ4v) is 10.1. The van der Waals surface area contributed by atoms with Gasteiger partial charge in [0.05, 0.1) is 0 Å². The molecular weight excluding hydrogens is 1010 g/mol. The third kappa shape index (κ3) is 67.1. The number of esters is 3. The summed E-state index contributed by atoms with van der Waals surface area (Å²) < 4.78 is 16.9. The summed E-state index contributed by atoms with van der Waals surface area (Å²) in [4.78, 5) is 38.4. The Morgan fingerprint density at radius 3 is 0.793 bits per heavy atom. The summed E-state index contributed by atoms with van der Waals surface area (Å²) >= 11 is 0. The Bertz CT molecular complexity index is 1590. The number of hydrogen-bond acceptors (Lipinski definition) is 6. The van der Waals surface area contributed by atoms with E-state index in [1.165, 1.54) is 193 Å². The van der Waals surface area contributed by atoms with Crippen molar-refractivity contribution >= 4 is 17.9 Å². The highest BCUT2D eigenvalue weighted by Crippen LogP contribution is 2.18. The van der Waals surface area contributed by atoms with Crippen LogP contribution in [0.25, 0.3) is 0 Å². The Balaban J connectivity index is 4.25. The van der Waals surface area contributed by atoms with Crippen LogP contribution in [-0.2, 0) is 28.6 Å². The van der Waals surface area contributed by atoms with Crippen LogP contribution in [0, 0.1) is 0 Å². The van der Waals surface area contributed by atoms with Gasteiger partial charge in [-0.15, -0.1) is 0 Å². The second-order valence-corrected chi connectivity index (χ2v) is 23.4. The molecule has 1 atom stereocenters. The zero-order valence-corrected chi connectivity index (χ0v) is 54.2. The zero-order valence-electron chi connectivity index (χ0n) is 54.2. The summed E-state index contributed by atoms with van der Waals surface area (Å²) in [5.41, 5.74) is 0. The van der Waals surface area contributed by atoms with Gasteiger partial charge in [0.1, 0.15) is 13.2 Å². The van der Waals surface area contributed by atoms with E-state index < -0.39 is 6.10 Å². The van der Waals surface area contributed by atoms with Crippen molar-refractivity contribution in [3.05, 3.63) is 97.2 Å². The average Bonchev–Trinajstić information content (AvgIpc) is 3.47. The van der Waals surface area contributed by atoms with Crippen molar-refractivity contribution in [2.75, 3.05) is 13.2 Å². The molecule has 6 heteroatoms. The normalized spacial score (nSPS) is 12.7. The number of unbranched alkanes of at least 4 members (excludes halogenated alkanes) is 37. The minimum absolute atomic E-state index is 0.0824. The highest BCUT2D eigenvalue weighted by atomic mass is 16.6. The first-order chi connectivity index (χ1) is 40.5. The van der Waals surface area contributed by atoms with Crippen LogP contribution in [-0.4, -0.2) is 37.2 Å². The smallest absolute Gasteiger partial charge is 0.306 e. The van der Waals surface area contributed by atoms with Gasteiger partial charge in [-0.1, -0.05) is 330 Å². The molecule has 472 valence electrons. The van der Waals surface area contributed by atoms with Crippen LogP contribution in [0.4, 0.5) is 0 Å². The Morgan fingerprint density at radius 2 is 0.488 bits per heavy atom. The summed E-state index contributed by atoms with van der Waals surface area (Å²) in [5.74, 6) is -0.887. The number of ether oxygens (including phenoxy) is 3. The lowest BCUT2D eigenvalue weighted by Crippen LogP contribution is -2.30. The maximum atomic E-state index is 12.9. The maximum absolute atomic E-state index is 12.9.